The van der Waals surface area contributed by atoms with Crippen molar-refractivity contribution < 1.29 is 9.90 Å². The third kappa shape index (κ3) is 2.69. The second kappa shape index (κ2) is 5.64. The van der Waals surface area contributed by atoms with E-state index < -0.39 is 11.5 Å². The molecule has 0 spiro atoms. The smallest absolute Gasteiger partial charge is 0.329 e. The highest BCUT2D eigenvalue weighted by Gasteiger charge is 2.42. The molecular weight excluding hydrogens is 258 g/mol. The van der Waals surface area contributed by atoms with Gasteiger partial charge in [-0.05, 0) is 25.7 Å². The van der Waals surface area contributed by atoms with E-state index in [4.69, 9.17) is 0 Å². The van der Waals surface area contributed by atoms with Crippen molar-refractivity contribution in [1.82, 2.24) is 9.55 Å². The van der Waals surface area contributed by atoms with Gasteiger partial charge in [-0.25, -0.2) is 9.78 Å². The number of aliphatic carboxylic acids is 1. The fourth-order valence-electron chi connectivity index (χ4n) is 2.92. The third-order valence-electron chi connectivity index (χ3n) is 4.02. The summed E-state index contributed by atoms with van der Waals surface area (Å²) in [6.07, 6.45) is 6.03. The van der Waals surface area contributed by atoms with Crippen LogP contribution in [0.3, 0.4) is 0 Å². The van der Waals surface area contributed by atoms with Crippen molar-refractivity contribution in [3.8, 4) is 0 Å². The molecule has 20 heavy (non-hydrogen) atoms. The molecule has 0 saturated heterocycles. The summed E-state index contributed by atoms with van der Waals surface area (Å²) >= 11 is 0. The monoisotopic (exact) mass is 279 g/mol. The number of carboxylic acid groups (broad SMARTS) is 1. The Morgan fingerprint density at radius 3 is 3.00 bits per heavy atom. The van der Waals surface area contributed by atoms with Gasteiger partial charge in [0.15, 0.2) is 5.82 Å². The van der Waals surface area contributed by atoms with Gasteiger partial charge >= 0.3 is 5.97 Å². The van der Waals surface area contributed by atoms with Gasteiger partial charge in [0.2, 0.25) is 0 Å². The second-order valence-electron chi connectivity index (χ2n) is 5.58. The normalized spacial score (nSPS) is 26.2. The maximum atomic E-state index is 12.2. The predicted octanol–water partition coefficient (Wildman–Crippen LogP) is 1.71. The van der Waals surface area contributed by atoms with Gasteiger partial charge in [0.25, 0.3) is 5.56 Å². The first-order valence-corrected chi connectivity index (χ1v) is 7.05. The zero-order chi connectivity index (χ0) is 14.8. The minimum atomic E-state index is -1.07. The molecule has 2 rings (SSSR count). The lowest BCUT2D eigenvalue weighted by Crippen LogP contribution is -2.51. The van der Waals surface area contributed by atoms with Gasteiger partial charge in [-0.2, -0.15) is 0 Å². The highest BCUT2D eigenvalue weighted by molar-refractivity contribution is 5.82. The van der Waals surface area contributed by atoms with Crippen molar-refractivity contribution in [3.63, 3.8) is 0 Å². The average molecular weight is 279 g/mol. The number of anilines is 1. The topological polar surface area (TPSA) is 84.2 Å². The Morgan fingerprint density at radius 2 is 2.40 bits per heavy atom. The fourth-order valence-corrected chi connectivity index (χ4v) is 2.92. The first-order chi connectivity index (χ1) is 9.48. The number of nitrogens with one attached hydrogen (secondary N) is 1. The fraction of sp³-hybridized carbons (Fsp3) is 0.643. The maximum Gasteiger partial charge on any atom is 0.329 e. The summed E-state index contributed by atoms with van der Waals surface area (Å²) in [4.78, 5) is 27.9. The van der Waals surface area contributed by atoms with Gasteiger partial charge in [0.1, 0.15) is 5.54 Å². The van der Waals surface area contributed by atoms with E-state index in [9.17, 15) is 14.7 Å². The summed E-state index contributed by atoms with van der Waals surface area (Å²) in [6.45, 7) is 4.44. The van der Waals surface area contributed by atoms with Gasteiger partial charge in [-0.3, -0.25) is 4.79 Å². The summed E-state index contributed by atoms with van der Waals surface area (Å²) in [5.74, 6) is -0.451. The summed E-state index contributed by atoms with van der Waals surface area (Å²) < 4.78 is 1.51. The molecule has 1 heterocycles. The zero-order valence-electron chi connectivity index (χ0n) is 11.9. The minimum Gasteiger partial charge on any atom is -0.480 e. The van der Waals surface area contributed by atoms with Gasteiger partial charge in [-0.1, -0.05) is 19.8 Å². The van der Waals surface area contributed by atoms with E-state index in [-0.39, 0.29) is 11.4 Å². The van der Waals surface area contributed by atoms with Crippen molar-refractivity contribution >= 4 is 11.8 Å². The van der Waals surface area contributed by atoms with Crippen LogP contribution in [0.15, 0.2) is 17.2 Å². The third-order valence-corrected chi connectivity index (χ3v) is 4.02. The van der Waals surface area contributed by atoms with Gasteiger partial charge in [0.05, 0.1) is 0 Å². The molecule has 0 aromatic carbocycles. The Kier molecular flexibility index (Phi) is 4.11. The molecule has 1 aliphatic carbocycles. The largest absolute Gasteiger partial charge is 0.480 e. The molecule has 0 aliphatic heterocycles. The number of aryl methyl sites for hydroxylation is 1. The number of aromatic nitrogens is 2. The van der Waals surface area contributed by atoms with Crippen LogP contribution in [-0.4, -0.2) is 26.2 Å². The van der Waals surface area contributed by atoms with Crippen LogP contribution in [0, 0.1) is 5.92 Å². The number of nitrogens with zero attached hydrogens (tertiary/aromatic N) is 2. The van der Waals surface area contributed by atoms with Crippen LogP contribution in [0.4, 0.5) is 5.82 Å². The maximum absolute atomic E-state index is 12.2. The Morgan fingerprint density at radius 1 is 1.65 bits per heavy atom. The van der Waals surface area contributed by atoms with Crippen LogP contribution < -0.4 is 10.9 Å². The predicted molar refractivity (Wildman–Crippen MR) is 75.8 cm³/mol. The molecule has 6 nitrogen and oxygen atoms in total. The lowest BCUT2D eigenvalue weighted by Gasteiger charge is -2.37. The number of hydrogen-bond acceptors (Lipinski definition) is 4. The number of rotatable bonds is 4. The van der Waals surface area contributed by atoms with Crippen LogP contribution in [0.2, 0.25) is 0 Å². The van der Waals surface area contributed by atoms with E-state index in [1.165, 1.54) is 10.8 Å². The molecule has 1 aromatic heterocycles. The van der Waals surface area contributed by atoms with Crippen LogP contribution in [0.5, 0.6) is 0 Å². The summed E-state index contributed by atoms with van der Waals surface area (Å²) in [7, 11) is 0. The lowest BCUT2D eigenvalue weighted by molar-refractivity contribution is -0.144. The first-order valence-electron chi connectivity index (χ1n) is 7.05. The first kappa shape index (κ1) is 14.6. The molecule has 0 radical (unpaired) electrons. The van der Waals surface area contributed by atoms with Crippen molar-refractivity contribution in [3.05, 3.63) is 22.7 Å². The lowest BCUT2D eigenvalue weighted by atomic mass is 9.76. The van der Waals surface area contributed by atoms with Crippen LogP contribution >= 0.6 is 0 Å². The molecule has 6 heteroatoms. The minimum absolute atomic E-state index is 0.130. The highest BCUT2D eigenvalue weighted by atomic mass is 16.4. The van der Waals surface area contributed by atoms with E-state index in [1.54, 1.807) is 6.20 Å². The summed E-state index contributed by atoms with van der Waals surface area (Å²) in [6, 6.07) is 0. The molecule has 110 valence electrons. The molecular formula is C14H21N3O3. The Hall–Kier alpha value is -1.85. The number of hydrogen-bond donors (Lipinski definition) is 2. The summed E-state index contributed by atoms with van der Waals surface area (Å²) in [5, 5.41) is 12.5. The van der Waals surface area contributed by atoms with Crippen molar-refractivity contribution in [2.45, 2.75) is 51.6 Å². The average Bonchev–Trinajstić information content (AvgIpc) is 2.41. The van der Waals surface area contributed by atoms with Gasteiger partial charge in [0, 0.05) is 18.9 Å². The van der Waals surface area contributed by atoms with Crippen molar-refractivity contribution in [1.29, 1.82) is 0 Å². The molecule has 0 bridgehead atoms. The SMILES string of the molecule is CCn1ccnc(NC2(C(=O)O)CCCC(C)C2)c1=O. The van der Waals surface area contributed by atoms with Gasteiger partial charge < -0.3 is 15.0 Å². The van der Waals surface area contributed by atoms with E-state index in [1.807, 2.05) is 13.8 Å². The van der Waals surface area contributed by atoms with Crippen LogP contribution in [0.1, 0.15) is 39.5 Å². The molecule has 1 aliphatic rings. The zero-order valence-corrected chi connectivity index (χ0v) is 11.9. The molecule has 2 N–H and O–H groups in total. The molecule has 0 amide bonds. The quantitative estimate of drug-likeness (QED) is 0.876. The standard InChI is InChI=1S/C14H21N3O3/c1-3-17-8-7-15-11(12(17)18)16-14(13(19)20)6-4-5-10(2)9-14/h7-8,10H,3-6,9H2,1-2H3,(H,15,16)(H,19,20). The van der Waals surface area contributed by atoms with Gasteiger partial charge in [-0.15, -0.1) is 0 Å². The summed E-state index contributed by atoms with van der Waals surface area (Å²) in [5.41, 5.74) is -1.34. The van der Waals surface area contributed by atoms with Crippen LogP contribution in [0.25, 0.3) is 0 Å². The van der Waals surface area contributed by atoms with E-state index in [0.29, 0.717) is 25.3 Å². The molecule has 1 saturated carbocycles. The molecule has 1 aromatic rings. The molecule has 2 atom stereocenters. The Balaban J connectivity index is 2.34. The van der Waals surface area contributed by atoms with E-state index in [0.717, 1.165) is 12.8 Å². The van der Waals surface area contributed by atoms with E-state index >= 15 is 0 Å². The number of carbonyl (C=O) groups is 1. The Labute approximate surface area is 117 Å². The molecule has 2 unspecified atom stereocenters. The van der Waals surface area contributed by atoms with Crippen molar-refractivity contribution in [2.75, 3.05) is 5.32 Å². The second-order valence-corrected chi connectivity index (χ2v) is 5.58. The number of carboxylic acids is 1. The van der Waals surface area contributed by atoms with Crippen molar-refractivity contribution in [2.24, 2.45) is 5.92 Å². The van der Waals surface area contributed by atoms with Crippen LogP contribution in [-0.2, 0) is 11.3 Å². The Bertz CT molecular complexity index is 555. The molecule has 1 fully saturated rings. The van der Waals surface area contributed by atoms with E-state index in [2.05, 4.69) is 10.3 Å². The highest BCUT2D eigenvalue weighted by Crippen LogP contribution is 2.34.